The van der Waals surface area contributed by atoms with Crippen LogP contribution < -0.4 is 5.32 Å². The molecule has 0 bridgehead atoms. The van der Waals surface area contributed by atoms with Crippen molar-refractivity contribution in [3.63, 3.8) is 0 Å². The van der Waals surface area contributed by atoms with Gasteiger partial charge in [0.1, 0.15) is 17.2 Å². The van der Waals surface area contributed by atoms with Crippen molar-refractivity contribution in [3.05, 3.63) is 77.5 Å². The van der Waals surface area contributed by atoms with E-state index < -0.39 is 33.2 Å². The Hall–Kier alpha value is -2.94. The number of ether oxygens (including phenoxy) is 1. The maximum atomic E-state index is 14.0. The van der Waals surface area contributed by atoms with Crippen molar-refractivity contribution in [2.75, 3.05) is 25.9 Å². The van der Waals surface area contributed by atoms with E-state index in [1.807, 2.05) is 27.0 Å². The minimum atomic E-state index is -3.35. The molecule has 202 valence electrons. The number of hydrogen-bond acceptors (Lipinski definition) is 5. The molecule has 0 aromatic heterocycles. The molecule has 3 rings (SSSR count). The van der Waals surface area contributed by atoms with Crippen LogP contribution in [0.3, 0.4) is 0 Å². The second-order valence-corrected chi connectivity index (χ2v) is 12.5. The van der Waals surface area contributed by atoms with Crippen LogP contribution in [0, 0.1) is 17.6 Å². The molecule has 2 aromatic rings. The Bertz CT molecular complexity index is 1190. The first-order valence-corrected chi connectivity index (χ1v) is 14.3. The third kappa shape index (κ3) is 9.14. The maximum Gasteiger partial charge on any atom is 0.407 e. The molecule has 37 heavy (non-hydrogen) atoms. The van der Waals surface area contributed by atoms with Crippen molar-refractivity contribution in [2.45, 2.75) is 56.4 Å². The number of nitrogens with one attached hydrogen (secondary N) is 1. The van der Waals surface area contributed by atoms with Gasteiger partial charge in [-0.05, 0) is 87.5 Å². The summed E-state index contributed by atoms with van der Waals surface area (Å²) in [6.45, 7) is 7.49. The number of benzene rings is 2. The Kier molecular flexibility index (Phi) is 9.34. The molecule has 1 aliphatic rings. The van der Waals surface area contributed by atoms with Crippen LogP contribution >= 0.6 is 0 Å². The van der Waals surface area contributed by atoms with E-state index in [9.17, 15) is 22.0 Å². The van der Waals surface area contributed by atoms with Crippen molar-refractivity contribution < 1.29 is 26.7 Å². The lowest BCUT2D eigenvalue weighted by Gasteiger charge is -2.30. The second-order valence-electron chi connectivity index (χ2n) is 10.5. The summed E-state index contributed by atoms with van der Waals surface area (Å²) in [5.41, 5.74) is 0.779. The van der Waals surface area contributed by atoms with Crippen molar-refractivity contribution in [1.82, 2.24) is 10.2 Å². The van der Waals surface area contributed by atoms with Gasteiger partial charge in [0.2, 0.25) is 0 Å². The molecule has 2 atom stereocenters. The highest BCUT2D eigenvalue weighted by Gasteiger charge is 2.21. The normalized spacial score (nSPS) is 16.9. The van der Waals surface area contributed by atoms with Crippen LogP contribution in [0.25, 0.3) is 0 Å². The standard InChI is InChI=1S/C28H36F2N2O4S/c1-28(2,3)36-27(33)31-13-9-20-10-14-32(15-11-20)16-12-26(22-17-23(29)19-24(30)18-22)21-5-7-25(8-6-21)37(4,34)35/h5-8,10,14,17-20,26H,9,11-13,15-16H2,1-4H3,(H,31,33)/t20?,26-/m1/s1. The van der Waals surface area contributed by atoms with Crippen molar-refractivity contribution >= 4 is 15.9 Å². The molecule has 9 heteroatoms. The molecular weight excluding hydrogens is 498 g/mol. The largest absolute Gasteiger partial charge is 0.444 e. The van der Waals surface area contributed by atoms with Gasteiger partial charge in [-0.25, -0.2) is 22.0 Å². The number of halogens is 2. The Labute approximate surface area is 218 Å². The third-order valence-electron chi connectivity index (χ3n) is 6.24. The van der Waals surface area contributed by atoms with Crippen molar-refractivity contribution in [3.8, 4) is 0 Å². The molecule has 0 aliphatic carbocycles. The zero-order chi connectivity index (χ0) is 27.2. The lowest BCUT2D eigenvalue weighted by atomic mass is 9.88. The number of allylic oxidation sites excluding steroid dienone is 1. The summed E-state index contributed by atoms with van der Waals surface area (Å²) >= 11 is 0. The maximum absolute atomic E-state index is 14.0. The van der Waals surface area contributed by atoms with Crippen LogP contribution in [-0.4, -0.2) is 50.9 Å². The predicted molar refractivity (Wildman–Crippen MR) is 140 cm³/mol. The number of sulfone groups is 1. The first kappa shape index (κ1) is 28.6. The van der Waals surface area contributed by atoms with Gasteiger partial charge in [0.25, 0.3) is 0 Å². The quantitative estimate of drug-likeness (QED) is 0.451. The van der Waals surface area contributed by atoms with Crippen molar-refractivity contribution in [2.24, 2.45) is 5.92 Å². The van der Waals surface area contributed by atoms with Crippen LogP contribution in [0.4, 0.5) is 13.6 Å². The fraction of sp³-hybridized carbons (Fsp3) is 0.464. The Morgan fingerprint density at radius 2 is 1.76 bits per heavy atom. The second kappa shape index (κ2) is 12.1. The van der Waals surface area contributed by atoms with E-state index in [4.69, 9.17) is 4.74 Å². The van der Waals surface area contributed by atoms with Crippen LogP contribution in [0.5, 0.6) is 0 Å². The van der Waals surface area contributed by atoms with E-state index in [-0.39, 0.29) is 10.8 Å². The average Bonchev–Trinajstić information content (AvgIpc) is 2.78. The zero-order valence-corrected chi connectivity index (χ0v) is 22.7. The number of amides is 1. The molecular formula is C28H36F2N2O4S. The van der Waals surface area contributed by atoms with E-state index in [0.29, 0.717) is 31.0 Å². The summed E-state index contributed by atoms with van der Waals surface area (Å²) in [6.07, 6.45) is 7.21. The molecule has 1 heterocycles. The summed E-state index contributed by atoms with van der Waals surface area (Å²) in [6, 6.07) is 10.00. The molecule has 1 aliphatic heterocycles. The molecule has 1 N–H and O–H groups in total. The van der Waals surface area contributed by atoms with Crippen molar-refractivity contribution in [1.29, 1.82) is 0 Å². The Morgan fingerprint density at radius 3 is 2.30 bits per heavy atom. The molecule has 6 nitrogen and oxygen atoms in total. The van der Waals surface area contributed by atoms with Gasteiger partial charge in [-0.1, -0.05) is 18.2 Å². The van der Waals surface area contributed by atoms with Crippen LogP contribution in [0.2, 0.25) is 0 Å². The minimum Gasteiger partial charge on any atom is -0.444 e. The number of hydrogen-bond donors (Lipinski definition) is 1. The van der Waals surface area contributed by atoms with Gasteiger partial charge in [0, 0.05) is 37.9 Å². The molecule has 1 amide bonds. The van der Waals surface area contributed by atoms with E-state index in [1.165, 1.54) is 24.3 Å². The molecule has 0 spiro atoms. The van der Waals surface area contributed by atoms with Gasteiger partial charge in [0.15, 0.2) is 9.84 Å². The monoisotopic (exact) mass is 534 g/mol. The first-order valence-electron chi connectivity index (χ1n) is 12.5. The van der Waals surface area contributed by atoms with Crippen LogP contribution in [0.15, 0.2) is 59.6 Å². The number of rotatable bonds is 9. The van der Waals surface area contributed by atoms with E-state index in [2.05, 4.69) is 16.3 Å². The summed E-state index contributed by atoms with van der Waals surface area (Å²) < 4.78 is 57.0. The molecule has 0 saturated carbocycles. The molecule has 0 saturated heterocycles. The van der Waals surface area contributed by atoms with E-state index in [1.54, 1.807) is 12.1 Å². The number of carbonyl (C=O) groups excluding carboxylic acids is 1. The smallest absolute Gasteiger partial charge is 0.407 e. The molecule has 1 unspecified atom stereocenters. The highest BCUT2D eigenvalue weighted by Crippen LogP contribution is 2.31. The average molecular weight is 535 g/mol. The fourth-order valence-electron chi connectivity index (χ4n) is 4.39. The summed E-state index contributed by atoms with van der Waals surface area (Å²) in [5, 5.41) is 2.79. The van der Waals surface area contributed by atoms with Crippen LogP contribution in [-0.2, 0) is 14.6 Å². The summed E-state index contributed by atoms with van der Waals surface area (Å²) in [5.74, 6) is -1.26. The molecule has 0 radical (unpaired) electrons. The molecule has 2 aromatic carbocycles. The topological polar surface area (TPSA) is 75.7 Å². The van der Waals surface area contributed by atoms with Gasteiger partial charge in [-0.2, -0.15) is 0 Å². The molecule has 0 fully saturated rings. The van der Waals surface area contributed by atoms with Gasteiger partial charge in [-0.15, -0.1) is 0 Å². The number of nitrogens with zero attached hydrogens (tertiary/aromatic N) is 1. The minimum absolute atomic E-state index is 0.201. The lowest BCUT2D eigenvalue weighted by molar-refractivity contribution is 0.0525. The zero-order valence-electron chi connectivity index (χ0n) is 21.8. The third-order valence-corrected chi connectivity index (χ3v) is 7.37. The van der Waals surface area contributed by atoms with Gasteiger partial charge in [-0.3, -0.25) is 0 Å². The fourth-order valence-corrected chi connectivity index (χ4v) is 5.02. The van der Waals surface area contributed by atoms with E-state index in [0.717, 1.165) is 37.3 Å². The van der Waals surface area contributed by atoms with Crippen LogP contribution in [0.1, 0.15) is 57.1 Å². The lowest BCUT2D eigenvalue weighted by Crippen LogP contribution is -2.34. The van der Waals surface area contributed by atoms with Gasteiger partial charge < -0.3 is 15.0 Å². The van der Waals surface area contributed by atoms with Gasteiger partial charge >= 0.3 is 6.09 Å². The Morgan fingerprint density at radius 1 is 1.11 bits per heavy atom. The summed E-state index contributed by atoms with van der Waals surface area (Å²) in [7, 11) is -3.35. The van der Waals surface area contributed by atoms with Gasteiger partial charge in [0.05, 0.1) is 4.90 Å². The summed E-state index contributed by atoms with van der Waals surface area (Å²) in [4.78, 5) is 14.2. The van der Waals surface area contributed by atoms with E-state index >= 15 is 0 Å². The number of carbonyl (C=O) groups is 1. The number of alkyl carbamates (subject to hydrolysis) is 1. The Balaban J connectivity index is 1.62. The SMILES string of the molecule is CC(C)(C)OC(=O)NCCC1C=CN(CC[C@H](c2ccc(S(C)(=O)=O)cc2)c2cc(F)cc(F)c2)CC1. The highest BCUT2D eigenvalue weighted by molar-refractivity contribution is 7.90. The predicted octanol–water partition coefficient (Wildman–Crippen LogP) is 5.64. The highest BCUT2D eigenvalue weighted by atomic mass is 32.2. The first-order chi connectivity index (χ1) is 17.3.